The van der Waals surface area contributed by atoms with E-state index >= 15 is 0 Å². The molecule has 0 unspecified atom stereocenters. The third-order valence-corrected chi connectivity index (χ3v) is 4.53. The number of pyridine rings is 1. The van der Waals surface area contributed by atoms with E-state index in [0.717, 1.165) is 23.0 Å². The van der Waals surface area contributed by atoms with Crippen molar-refractivity contribution in [2.45, 2.75) is 13.3 Å². The summed E-state index contributed by atoms with van der Waals surface area (Å²) in [6.07, 6.45) is 3.08. The number of anilines is 1. The Labute approximate surface area is 172 Å². The van der Waals surface area contributed by atoms with Crippen molar-refractivity contribution in [1.29, 1.82) is 0 Å². The molecule has 1 aromatic heterocycles. The van der Waals surface area contributed by atoms with E-state index < -0.39 is 0 Å². The first kappa shape index (κ1) is 19.3. The predicted molar refractivity (Wildman–Crippen MR) is 115 cm³/mol. The predicted octanol–water partition coefficient (Wildman–Crippen LogP) is 3.55. The van der Waals surface area contributed by atoms with Gasteiger partial charge in [0.2, 0.25) is 12.4 Å². The topological polar surface area (TPSA) is 105 Å². The molecule has 0 saturated carbocycles. The summed E-state index contributed by atoms with van der Waals surface area (Å²) in [6, 6.07) is 13.9. The second kappa shape index (κ2) is 8.52. The van der Waals surface area contributed by atoms with E-state index in [1.165, 1.54) is 0 Å². The van der Waals surface area contributed by atoms with Crippen molar-refractivity contribution >= 4 is 40.6 Å². The van der Waals surface area contributed by atoms with Crippen LogP contribution in [0.4, 0.5) is 5.69 Å². The number of guanidine groups is 1. The number of nitrogens with zero attached hydrogens (tertiary/aromatic N) is 3. The smallest absolute Gasteiger partial charge is 0.258 e. The number of benzene rings is 2. The van der Waals surface area contributed by atoms with Gasteiger partial charge in [0, 0.05) is 41.5 Å². The summed E-state index contributed by atoms with van der Waals surface area (Å²) >= 11 is 0. The fraction of sp³-hybridized carbons (Fsp3) is 0.136. The van der Waals surface area contributed by atoms with Crippen molar-refractivity contribution in [3.05, 3.63) is 60.3 Å². The molecule has 1 aliphatic rings. The highest BCUT2D eigenvalue weighted by atomic mass is 16.5. The highest BCUT2D eigenvalue weighted by Gasteiger charge is 2.12. The van der Waals surface area contributed by atoms with Gasteiger partial charge in [-0.15, -0.1) is 0 Å². The van der Waals surface area contributed by atoms with Gasteiger partial charge in [0.15, 0.2) is 0 Å². The molecule has 8 heteroatoms. The van der Waals surface area contributed by atoms with Crippen molar-refractivity contribution in [2.75, 3.05) is 11.9 Å². The van der Waals surface area contributed by atoms with Crippen molar-refractivity contribution in [1.82, 2.24) is 10.3 Å². The molecule has 2 N–H and O–H groups in total. The summed E-state index contributed by atoms with van der Waals surface area (Å²) in [5, 5.41) is 6.09. The molecular formula is C22H19N5O3. The molecule has 8 nitrogen and oxygen atoms in total. The molecule has 30 heavy (non-hydrogen) atoms. The molecule has 0 aliphatic carbocycles. The summed E-state index contributed by atoms with van der Waals surface area (Å²) in [4.78, 5) is 35.9. The maximum atomic E-state index is 12.4. The number of fused-ring (bicyclic) bond motifs is 1. The Balaban J connectivity index is 1.51. The normalized spacial score (nSPS) is 13.2. The highest BCUT2D eigenvalue weighted by Crippen LogP contribution is 2.30. The molecule has 2 heterocycles. The second-order valence-corrected chi connectivity index (χ2v) is 6.69. The van der Waals surface area contributed by atoms with Crippen molar-refractivity contribution < 1.29 is 14.3 Å². The molecule has 4 rings (SSSR count). The fourth-order valence-electron chi connectivity index (χ4n) is 3.01. The summed E-state index contributed by atoms with van der Waals surface area (Å²) in [5.41, 5.74) is 2.80. The van der Waals surface area contributed by atoms with Gasteiger partial charge in [0.1, 0.15) is 11.5 Å². The minimum Gasteiger partial charge on any atom is -0.457 e. The zero-order valence-electron chi connectivity index (χ0n) is 16.3. The summed E-state index contributed by atoms with van der Waals surface area (Å²) in [6.45, 7) is 2.54. The lowest BCUT2D eigenvalue weighted by Gasteiger charge is -2.11. The molecule has 0 saturated heterocycles. The van der Waals surface area contributed by atoms with E-state index in [4.69, 9.17) is 4.74 Å². The third kappa shape index (κ3) is 4.33. The van der Waals surface area contributed by atoms with Crippen LogP contribution in [0.15, 0.2) is 64.7 Å². The van der Waals surface area contributed by atoms with Gasteiger partial charge in [0.25, 0.3) is 5.91 Å². The summed E-state index contributed by atoms with van der Waals surface area (Å²) in [5.74, 6) is 1.22. The van der Waals surface area contributed by atoms with Gasteiger partial charge in [-0.05, 0) is 55.5 Å². The number of nitrogens with one attached hydrogen (secondary N) is 2. The van der Waals surface area contributed by atoms with Crippen LogP contribution in [-0.2, 0) is 4.79 Å². The number of ether oxygens (including phenoxy) is 1. The van der Waals surface area contributed by atoms with E-state index in [1.807, 2.05) is 6.92 Å². The lowest BCUT2D eigenvalue weighted by Crippen LogP contribution is -2.31. The first-order chi connectivity index (χ1) is 14.6. The number of aromatic nitrogens is 1. The van der Waals surface area contributed by atoms with Crippen LogP contribution in [0.5, 0.6) is 11.5 Å². The maximum absolute atomic E-state index is 12.4. The largest absolute Gasteiger partial charge is 0.457 e. The van der Waals surface area contributed by atoms with Crippen molar-refractivity contribution in [3.8, 4) is 11.5 Å². The lowest BCUT2D eigenvalue weighted by molar-refractivity contribution is -0.105. The van der Waals surface area contributed by atoms with Gasteiger partial charge in [-0.25, -0.2) is 4.99 Å². The number of rotatable bonds is 5. The fourth-order valence-corrected chi connectivity index (χ4v) is 3.01. The number of aliphatic imine (C=N–C) groups is 2. The second-order valence-electron chi connectivity index (χ2n) is 6.69. The van der Waals surface area contributed by atoms with E-state index in [2.05, 4.69) is 25.6 Å². The van der Waals surface area contributed by atoms with Crippen LogP contribution in [0.2, 0.25) is 0 Å². The standard InChI is InChI=1S/C22H19N5O3/c1-14-8-10-24-22(26-14)27-21(29)15-2-5-17(6-3-15)30-20-9-11-23-19-7-4-16(25-13-28)12-18(19)20/h2-7,9,11-13H,8,10H2,1H3,(H,25,28)(H,24,27,29). The van der Waals surface area contributed by atoms with Crippen LogP contribution in [0.3, 0.4) is 0 Å². The van der Waals surface area contributed by atoms with Gasteiger partial charge < -0.3 is 10.1 Å². The first-order valence-electron chi connectivity index (χ1n) is 9.39. The van der Waals surface area contributed by atoms with Crippen LogP contribution in [0.1, 0.15) is 23.7 Å². The van der Waals surface area contributed by atoms with Crippen LogP contribution in [-0.4, -0.2) is 35.5 Å². The minimum absolute atomic E-state index is 0.280. The van der Waals surface area contributed by atoms with Crippen LogP contribution < -0.4 is 15.4 Å². The molecule has 150 valence electrons. The monoisotopic (exact) mass is 401 g/mol. The number of hydrogen-bond acceptors (Lipinski definition) is 6. The number of hydrogen-bond donors (Lipinski definition) is 2. The first-order valence-corrected chi connectivity index (χ1v) is 9.39. The lowest BCUT2D eigenvalue weighted by atomic mass is 10.1. The van der Waals surface area contributed by atoms with Crippen LogP contribution >= 0.6 is 0 Å². The molecule has 0 fully saturated rings. The van der Waals surface area contributed by atoms with E-state index in [9.17, 15) is 9.59 Å². The summed E-state index contributed by atoms with van der Waals surface area (Å²) in [7, 11) is 0. The number of amides is 2. The number of carbonyl (C=O) groups excluding carboxylic acids is 2. The molecule has 0 radical (unpaired) electrons. The maximum Gasteiger partial charge on any atom is 0.258 e. The van der Waals surface area contributed by atoms with Gasteiger partial charge in [-0.1, -0.05) is 0 Å². The van der Waals surface area contributed by atoms with Crippen molar-refractivity contribution in [2.24, 2.45) is 9.98 Å². The molecule has 2 aromatic carbocycles. The van der Waals surface area contributed by atoms with E-state index in [-0.39, 0.29) is 5.91 Å². The van der Waals surface area contributed by atoms with Crippen LogP contribution in [0.25, 0.3) is 10.9 Å². The molecule has 0 bridgehead atoms. The Morgan fingerprint density at radius 1 is 1.13 bits per heavy atom. The van der Waals surface area contributed by atoms with Gasteiger partial charge in [-0.2, -0.15) is 0 Å². The van der Waals surface area contributed by atoms with Crippen molar-refractivity contribution in [3.63, 3.8) is 0 Å². The van der Waals surface area contributed by atoms with Gasteiger partial charge >= 0.3 is 0 Å². The Hall–Kier alpha value is -4.07. The quantitative estimate of drug-likeness (QED) is 0.638. The minimum atomic E-state index is -0.280. The third-order valence-electron chi connectivity index (χ3n) is 4.53. The van der Waals surface area contributed by atoms with E-state index in [0.29, 0.717) is 41.7 Å². The Kier molecular flexibility index (Phi) is 5.47. The zero-order valence-corrected chi connectivity index (χ0v) is 16.3. The van der Waals surface area contributed by atoms with Gasteiger partial charge in [0.05, 0.1) is 5.52 Å². The Morgan fingerprint density at radius 2 is 1.97 bits per heavy atom. The summed E-state index contributed by atoms with van der Waals surface area (Å²) < 4.78 is 5.99. The molecule has 0 atom stereocenters. The Morgan fingerprint density at radius 3 is 2.73 bits per heavy atom. The SMILES string of the molecule is CC1=NC(NC(=O)c2ccc(Oc3ccnc4ccc(NC=O)cc34)cc2)=NCC1. The molecule has 3 aromatic rings. The zero-order chi connectivity index (χ0) is 20.9. The molecule has 1 aliphatic heterocycles. The highest BCUT2D eigenvalue weighted by molar-refractivity contribution is 6.09. The average Bonchev–Trinajstić information content (AvgIpc) is 2.75. The van der Waals surface area contributed by atoms with Crippen LogP contribution in [0, 0.1) is 0 Å². The van der Waals surface area contributed by atoms with E-state index in [1.54, 1.807) is 54.7 Å². The van der Waals surface area contributed by atoms with Gasteiger partial charge in [-0.3, -0.25) is 24.9 Å². The average molecular weight is 401 g/mol. The molecular weight excluding hydrogens is 382 g/mol. The number of carbonyl (C=O) groups is 2. The Bertz CT molecular complexity index is 1170. The molecule has 2 amide bonds. The molecule has 0 spiro atoms.